The first-order valence-electron chi connectivity index (χ1n) is 4.52. The lowest BCUT2D eigenvalue weighted by Gasteiger charge is -2.14. The van der Waals surface area contributed by atoms with Crippen LogP contribution in [0.3, 0.4) is 0 Å². The van der Waals surface area contributed by atoms with Crippen LogP contribution in [0.5, 0.6) is 0 Å². The number of hydrogen-bond acceptors (Lipinski definition) is 1. The average molecular weight is 153 g/mol. The molecular formula is C10H19N. The van der Waals surface area contributed by atoms with Gasteiger partial charge in [-0.1, -0.05) is 13.8 Å². The fourth-order valence-electron chi connectivity index (χ4n) is 1.06. The number of rotatable bonds is 6. The minimum atomic E-state index is 0.631. The average Bonchev–Trinajstić information content (AvgIpc) is 2.05. The van der Waals surface area contributed by atoms with E-state index in [0.717, 1.165) is 19.4 Å². The van der Waals surface area contributed by atoms with Gasteiger partial charge in [-0.2, -0.15) is 0 Å². The smallest absolute Gasteiger partial charge is 0.0101 e. The van der Waals surface area contributed by atoms with Gasteiger partial charge in [-0.3, -0.25) is 0 Å². The van der Waals surface area contributed by atoms with Crippen LogP contribution in [0.25, 0.3) is 0 Å². The standard InChI is InChI=1S/C10H19N/c1-4-7-8-10(6-3)11-9-5-2/h1,10-11H,5-9H2,2-3H3. The number of hydrogen-bond donors (Lipinski definition) is 1. The maximum Gasteiger partial charge on any atom is 0.0101 e. The second-order valence-corrected chi connectivity index (χ2v) is 2.80. The molecule has 0 bridgehead atoms. The van der Waals surface area contributed by atoms with Crippen molar-refractivity contribution < 1.29 is 0 Å². The quantitative estimate of drug-likeness (QED) is 0.577. The Hall–Kier alpha value is -0.480. The van der Waals surface area contributed by atoms with Crippen molar-refractivity contribution >= 4 is 0 Å². The Kier molecular flexibility index (Phi) is 7.29. The summed E-state index contributed by atoms with van der Waals surface area (Å²) in [6.45, 7) is 5.49. The van der Waals surface area contributed by atoms with E-state index in [-0.39, 0.29) is 0 Å². The lowest BCUT2D eigenvalue weighted by Crippen LogP contribution is -2.28. The van der Waals surface area contributed by atoms with Gasteiger partial charge in [0.2, 0.25) is 0 Å². The van der Waals surface area contributed by atoms with Crippen molar-refractivity contribution in [2.24, 2.45) is 0 Å². The summed E-state index contributed by atoms with van der Waals surface area (Å²) in [6, 6.07) is 0.631. The highest BCUT2D eigenvalue weighted by atomic mass is 14.9. The molecule has 1 unspecified atom stereocenters. The Morgan fingerprint density at radius 1 is 1.45 bits per heavy atom. The van der Waals surface area contributed by atoms with Gasteiger partial charge in [-0.15, -0.1) is 12.3 Å². The van der Waals surface area contributed by atoms with Crippen LogP contribution in [0.1, 0.15) is 39.5 Å². The van der Waals surface area contributed by atoms with Crippen LogP contribution in [-0.2, 0) is 0 Å². The van der Waals surface area contributed by atoms with Crippen molar-refractivity contribution in [3.63, 3.8) is 0 Å². The van der Waals surface area contributed by atoms with Gasteiger partial charge in [0.25, 0.3) is 0 Å². The third kappa shape index (κ3) is 5.94. The van der Waals surface area contributed by atoms with Crippen LogP contribution in [0.4, 0.5) is 0 Å². The first-order chi connectivity index (χ1) is 5.35. The second kappa shape index (κ2) is 7.63. The van der Waals surface area contributed by atoms with E-state index in [2.05, 4.69) is 25.1 Å². The summed E-state index contributed by atoms with van der Waals surface area (Å²) in [4.78, 5) is 0. The van der Waals surface area contributed by atoms with Crippen molar-refractivity contribution in [1.82, 2.24) is 5.32 Å². The van der Waals surface area contributed by atoms with E-state index in [4.69, 9.17) is 6.42 Å². The van der Waals surface area contributed by atoms with E-state index in [0.29, 0.717) is 6.04 Å². The van der Waals surface area contributed by atoms with Crippen LogP contribution >= 0.6 is 0 Å². The maximum absolute atomic E-state index is 5.18. The topological polar surface area (TPSA) is 12.0 Å². The van der Waals surface area contributed by atoms with E-state index in [9.17, 15) is 0 Å². The molecule has 64 valence electrons. The van der Waals surface area contributed by atoms with Crippen molar-refractivity contribution in [3.05, 3.63) is 0 Å². The lowest BCUT2D eigenvalue weighted by molar-refractivity contribution is 0.474. The molecule has 0 aliphatic rings. The second-order valence-electron chi connectivity index (χ2n) is 2.80. The zero-order chi connectivity index (χ0) is 8.53. The monoisotopic (exact) mass is 153 g/mol. The van der Waals surface area contributed by atoms with Crippen molar-refractivity contribution in [1.29, 1.82) is 0 Å². The highest BCUT2D eigenvalue weighted by Gasteiger charge is 2.01. The predicted octanol–water partition coefficient (Wildman–Crippen LogP) is 2.18. The Bertz CT molecular complexity index is 113. The molecule has 1 heteroatoms. The maximum atomic E-state index is 5.18. The predicted molar refractivity (Wildman–Crippen MR) is 50.4 cm³/mol. The molecule has 0 amide bonds. The molecule has 0 saturated carbocycles. The fourth-order valence-corrected chi connectivity index (χ4v) is 1.06. The van der Waals surface area contributed by atoms with Gasteiger partial charge in [-0.05, 0) is 25.8 Å². The first kappa shape index (κ1) is 10.5. The number of terminal acetylenes is 1. The Balaban J connectivity index is 3.34. The molecule has 0 aliphatic heterocycles. The van der Waals surface area contributed by atoms with E-state index in [1.54, 1.807) is 0 Å². The SMILES string of the molecule is C#CCCC(CC)NCCC. The molecule has 0 aromatic heterocycles. The zero-order valence-corrected chi connectivity index (χ0v) is 7.69. The van der Waals surface area contributed by atoms with E-state index in [1.807, 2.05) is 0 Å². The molecule has 0 spiro atoms. The normalized spacial score (nSPS) is 12.5. The Labute approximate surface area is 70.6 Å². The van der Waals surface area contributed by atoms with Crippen molar-refractivity contribution in [2.45, 2.75) is 45.6 Å². The summed E-state index contributed by atoms with van der Waals surface area (Å²) < 4.78 is 0. The molecule has 0 radical (unpaired) electrons. The molecule has 0 rings (SSSR count). The van der Waals surface area contributed by atoms with Crippen LogP contribution < -0.4 is 5.32 Å². The summed E-state index contributed by atoms with van der Waals surface area (Å²) in [7, 11) is 0. The molecule has 0 aromatic carbocycles. The molecule has 11 heavy (non-hydrogen) atoms. The third-order valence-corrected chi connectivity index (χ3v) is 1.81. The summed E-state index contributed by atoms with van der Waals surface area (Å²) in [6.07, 6.45) is 9.58. The Morgan fingerprint density at radius 3 is 2.64 bits per heavy atom. The van der Waals surface area contributed by atoms with Crippen LogP contribution in [0.2, 0.25) is 0 Å². The van der Waals surface area contributed by atoms with Gasteiger partial charge in [-0.25, -0.2) is 0 Å². The minimum Gasteiger partial charge on any atom is -0.314 e. The van der Waals surface area contributed by atoms with Crippen LogP contribution in [0, 0.1) is 12.3 Å². The molecule has 0 heterocycles. The highest BCUT2D eigenvalue weighted by molar-refractivity contribution is 4.85. The molecule has 1 atom stereocenters. The minimum absolute atomic E-state index is 0.631. The van der Waals surface area contributed by atoms with Crippen LogP contribution in [0.15, 0.2) is 0 Å². The fraction of sp³-hybridized carbons (Fsp3) is 0.800. The summed E-state index contributed by atoms with van der Waals surface area (Å²) in [5, 5.41) is 3.46. The molecule has 0 fully saturated rings. The molecule has 0 aromatic rings. The molecule has 1 N–H and O–H groups in total. The Morgan fingerprint density at radius 2 is 2.18 bits per heavy atom. The first-order valence-corrected chi connectivity index (χ1v) is 4.52. The molecule has 0 aliphatic carbocycles. The van der Waals surface area contributed by atoms with Crippen molar-refractivity contribution in [2.75, 3.05) is 6.54 Å². The van der Waals surface area contributed by atoms with Gasteiger partial charge in [0, 0.05) is 12.5 Å². The molecule has 1 nitrogen and oxygen atoms in total. The van der Waals surface area contributed by atoms with Gasteiger partial charge in [0.05, 0.1) is 0 Å². The van der Waals surface area contributed by atoms with Gasteiger partial charge in [0.1, 0.15) is 0 Å². The van der Waals surface area contributed by atoms with Gasteiger partial charge >= 0.3 is 0 Å². The third-order valence-electron chi connectivity index (χ3n) is 1.81. The zero-order valence-electron chi connectivity index (χ0n) is 7.69. The van der Waals surface area contributed by atoms with Crippen molar-refractivity contribution in [3.8, 4) is 12.3 Å². The lowest BCUT2D eigenvalue weighted by atomic mass is 10.1. The van der Waals surface area contributed by atoms with Crippen LogP contribution in [-0.4, -0.2) is 12.6 Å². The van der Waals surface area contributed by atoms with Gasteiger partial charge in [0.15, 0.2) is 0 Å². The van der Waals surface area contributed by atoms with E-state index >= 15 is 0 Å². The number of nitrogens with one attached hydrogen (secondary N) is 1. The van der Waals surface area contributed by atoms with E-state index < -0.39 is 0 Å². The largest absolute Gasteiger partial charge is 0.314 e. The van der Waals surface area contributed by atoms with Gasteiger partial charge < -0.3 is 5.32 Å². The van der Waals surface area contributed by atoms with E-state index in [1.165, 1.54) is 12.8 Å². The summed E-state index contributed by atoms with van der Waals surface area (Å²) in [5.41, 5.74) is 0. The molecule has 0 saturated heterocycles. The highest BCUT2D eigenvalue weighted by Crippen LogP contribution is 2.00. The summed E-state index contributed by atoms with van der Waals surface area (Å²) >= 11 is 0. The summed E-state index contributed by atoms with van der Waals surface area (Å²) in [5.74, 6) is 2.67. The molecular weight excluding hydrogens is 134 g/mol.